The number of amides is 2. The van der Waals surface area contributed by atoms with Gasteiger partial charge in [-0.05, 0) is 30.8 Å². The number of nitrogens with one attached hydrogen (secondary N) is 2. The SMILES string of the molecule is CCN1CCC(NC(=O)Nc2cccc3ccccc23)CC1. The highest BCUT2D eigenvalue weighted by Crippen LogP contribution is 2.22. The Morgan fingerprint density at radius 1 is 1.14 bits per heavy atom. The first-order valence-electron chi connectivity index (χ1n) is 8.04. The molecule has 0 saturated carbocycles. The molecule has 1 heterocycles. The van der Waals surface area contributed by atoms with Crippen LogP contribution in [0.2, 0.25) is 0 Å². The van der Waals surface area contributed by atoms with Crippen molar-refractivity contribution in [1.82, 2.24) is 10.2 Å². The van der Waals surface area contributed by atoms with Gasteiger partial charge < -0.3 is 15.5 Å². The van der Waals surface area contributed by atoms with Gasteiger partial charge in [-0.15, -0.1) is 0 Å². The molecule has 0 aliphatic carbocycles. The lowest BCUT2D eigenvalue weighted by molar-refractivity contribution is 0.203. The van der Waals surface area contributed by atoms with Gasteiger partial charge in [-0.25, -0.2) is 4.79 Å². The molecule has 116 valence electrons. The average Bonchev–Trinajstić information content (AvgIpc) is 2.56. The van der Waals surface area contributed by atoms with Crippen LogP contribution < -0.4 is 10.6 Å². The van der Waals surface area contributed by atoms with E-state index in [-0.39, 0.29) is 12.1 Å². The Labute approximate surface area is 131 Å². The van der Waals surface area contributed by atoms with Crippen molar-refractivity contribution >= 4 is 22.5 Å². The number of piperidine rings is 1. The normalized spacial score (nSPS) is 16.6. The molecule has 1 saturated heterocycles. The number of likely N-dealkylation sites (tertiary alicyclic amines) is 1. The van der Waals surface area contributed by atoms with E-state index in [1.54, 1.807) is 0 Å². The molecule has 3 rings (SSSR count). The molecule has 1 aliphatic rings. The number of rotatable bonds is 3. The van der Waals surface area contributed by atoms with Gasteiger partial charge in [0.2, 0.25) is 0 Å². The van der Waals surface area contributed by atoms with Gasteiger partial charge in [0.05, 0.1) is 5.69 Å². The molecule has 2 N–H and O–H groups in total. The standard InChI is InChI=1S/C18H23N3O/c1-2-21-12-10-15(11-13-21)19-18(22)20-17-9-5-7-14-6-3-4-8-16(14)17/h3-9,15H,2,10-13H2,1H3,(H2,19,20,22). The number of anilines is 1. The zero-order chi connectivity index (χ0) is 15.4. The van der Waals surface area contributed by atoms with Crippen molar-refractivity contribution in [2.45, 2.75) is 25.8 Å². The van der Waals surface area contributed by atoms with Gasteiger partial charge in [0.25, 0.3) is 0 Å². The molecular formula is C18H23N3O. The smallest absolute Gasteiger partial charge is 0.319 e. The van der Waals surface area contributed by atoms with E-state index in [1.165, 1.54) is 0 Å². The molecule has 0 aromatic heterocycles. The summed E-state index contributed by atoms with van der Waals surface area (Å²) >= 11 is 0. The summed E-state index contributed by atoms with van der Waals surface area (Å²) in [4.78, 5) is 14.7. The lowest BCUT2D eigenvalue weighted by Crippen LogP contribution is -2.45. The van der Waals surface area contributed by atoms with Crippen LogP contribution in [-0.2, 0) is 0 Å². The van der Waals surface area contributed by atoms with Crippen molar-refractivity contribution in [1.29, 1.82) is 0 Å². The maximum Gasteiger partial charge on any atom is 0.319 e. The summed E-state index contributed by atoms with van der Waals surface area (Å²) in [5.41, 5.74) is 0.863. The van der Waals surface area contributed by atoms with Gasteiger partial charge in [0.1, 0.15) is 0 Å². The van der Waals surface area contributed by atoms with Gasteiger partial charge >= 0.3 is 6.03 Å². The first kappa shape index (κ1) is 14.9. The molecule has 2 amide bonds. The first-order chi connectivity index (χ1) is 10.8. The van der Waals surface area contributed by atoms with Crippen LogP contribution in [0.3, 0.4) is 0 Å². The van der Waals surface area contributed by atoms with Gasteiger partial charge in [0, 0.05) is 24.5 Å². The van der Waals surface area contributed by atoms with E-state index in [0.29, 0.717) is 0 Å². The largest absolute Gasteiger partial charge is 0.335 e. The average molecular weight is 297 g/mol. The second-order valence-electron chi connectivity index (χ2n) is 5.83. The monoisotopic (exact) mass is 297 g/mol. The minimum absolute atomic E-state index is 0.105. The topological polar surface area (TPSA) is 44.4 Å². The molecule has 0 bridgehead atoms. The fourth-order valence-electron chi connectivity index (χ4n) is 3.07. The minimum atomic E-state index is -0.105. The van der Waals surface area contributed by atoms with Crippen molar-refractivity contribution in [3.8, 4) is 0 Å². The molecule has 0 unspecified atom stereocenters. The summed E-state index contributed by atoms with van der Waals surface area (Å²) in [5.74, 6) is 0. The fourth-order valence-corrected chi connectivity index (χ4v) is 3.07. The van der Waals surface area contributed by atoms with Crippen LogP contribution in [0.25, 0.3) is 10.8 Å². The number of urea groups is 1. The number of nitrogens with zero attached hydrogens (tertiary/aromatic N) is 1. The Kier molecular flexibility index (Phi) is 4.59. The predicted molar refractivity (Wildman–Crippen MR) is 91.2 cm³/mol. The third-order valence-corrected chi connectivity index (χ3v) is 4.41. The number of carbonyl (C=O) groups is 1. The Morgan fingerprint density at radius 3 is 2.64 bits per heavy atom. The summed E-state index contributed by atoms with van der Waals surface area (Å²) in [6, 6.07) is 14.2. The number of benzene rings is 2. The molecule has 1 aliphatic heterocycles. The van der Waals surface area contributed by atoms with Gasteiger partial charge in [-0.1, -0.05) is 43.3 Å². The molecule has 0 spiro atoms. The number of carbonyl (C=O) groups excluding carboxylic acids is 1. The van der Waals surface area contributed by atoms with E-state index in [4.69, 9.17) is 0 Å². The lowest BCUT2D eigenvalue weighted by Gasteiger charge is -2.31. The van der Waals surface area contributed by atoms with Crippen LogP contribution in [0, 0.1) is 0 Å². The molecule has 4 nitrogen and oxygen atoms in total. The van der Waals surface area contributed by atoms with Crippen LogP contribution in [-0.4, -0.2) is 36.6 Å². The fraction of sp³-hybridized carbons (Fsp3) is 0.389. The summed E-state index contributed by atoms with van der Waals surface area (Å²) < 4.78 is 0. The lowest BCUT2D eigenvalue weighted by atomic mass is 10.1. The number of hydrogen-bond donors (Lipinski definition) is 2. The first-order valence-corrected chi connectivity index (χ1v) is 8.04. The molecular weight excluding hydrogens is 274 g/mol. The maximum atomic E-state index is 12.2. The van der Waals surface area contributed by atoms with E-state index in [1.807, 2.05) is 30.3 Å². The van der Waals surface area contributed by atoms with Crippen molar-refractivity contribution in [2.75, 3.05) is 25.0 Å². The van der Waals surface area contributed by atoms with Crippen LogP contribution in [0.5, 0.6) is 0 Å². The molecule has 1 fully saturated rings. The van der Waals surface area contributed by atoms with E-state index >= 15 is 0 Å². The molecule has 22 heavy (non-hydrogen) atoms. The maximum absolute atomic E-state index is 12.2. The van der Waals surface area contributed by atoms with Crippen LogP contribution in [0.4, 0.5) is 10.5 Å². The quantitative estimate of drug-likeness (QED) is 0.911. The third kappa shape index (κ3) is 3.39. The van der Waals surface area contributed by atoms with Crippen molar-refractivity contribution in [2.24, 2.45) is 0 Å². The second-order valence-corrected chi connectivity index (χ2v) is 5.83. The zero-order valence-corrected chi connectivity index (χ0v) is 13.0. The van der Waals surface area contributed by atoms with E-state index < -0.39 is 0 Å². The second kappa shape index (κ2) is 6.79. The highest BCUT2D eigenvalue weighted by atomic mass is 16.2. The summed E-state index contributed by atoms with van der Waals surface area (Å²) in [6.45, 7) is 5.40. The Hall–Kier alpha value is -2.07. The zero-order valence-electron chi connectivity index (χ0n) is 13.0. The predicted octanol–water partition coefficient (Wildman–Crippen LogP) is 3.45. The Bertz CT molecular complexity index is 642. The molecule has 2 aromatic carbocycles. The summed E-state index contributed by atoms with van der Waals surface area (Å²) in [5, 5.41) is 8.30. The van der Waals surface area contributed by atoms with Gasteiger partial charge in [-0.3, -0.25) is 0 Å². The molecule has 0 radical (unpaired) electrons. The van der Waals surface area contributed by atoms with Crippen molar-refractivity contribution < 1.29 is 4.79 Å². The Balaban J connectivity index is 1.62. The van der Waals surface area contributed by atoms with E-state index in [9.17, 15) is 4.79 Å². The molecule has 4 heteroatoms. The highest BCUT2D eigenvalue weighted by molar-refractivity contribution is 6.01. The summed E-state index contributed by atoms with van der Waals surface area (Å²) in [7, 11) is 0. The van der Waals surface area contributed by atoms with Gasteiger partial charge in [-0.2, -0.15) is 0 Å². The third-order valence-electron chi connectivity index (χ3n) is 4.41. The minimum Gasteiger partial charge on any atom is -0.335 e. The molecule has 2 aromatic rings. The number of hydrogen-bond acceptors (Lipinski definition) is 2. The van der Waals surface area contributed by atoms with E-state index in [0.717, 1.165) is 48.9 Å². The van der Waals surface area contributed by atoms with Crippen LogP contribution in [0.15, 0.2) is 42.5 Å². The number of fused-ring (bicyclic) bond motifs is 1. The van der Waals surface area contributed by atoms with Crippen LogP contribution >= 0.6 is 0 Å². The highest BCUT2D eigenvalue weighted by Gasteiger charge is 2.19. The van der Waals surface area contributed by atoms with Crippen molar-refractivity contribution in [3.63, 3.8) is 0 Å². The van der Waals surface area contributed by atoms with Crippen molar-refractivity contribution in [3.05, 3.63) is 42.5 Å². The van der Waals surface area contributed by atoms with E-state index in [2.05, 4.69) is 34.6 Å². The van der Waals surface area contributed by atoms with Gasteiger partial charge in [0.15, 0.2) is 0 Å². The Morgan fingerprint density at radius 2 is 1.86 bits per heavy atom. The molecule has 0 atom stereocenters. The summed E-state index contributed by atoms with van der Waals surface area (Å²) in [6.07, 6.45) is 2.05. The van der Waals surface area contributed by atoms with Crippen LogP contribution in [0.1, 0.15) is 19.8 Å².